The Hall–Kier alpha value is -1.40. The van der Waals surface area contributed by atoms with Crippen LogP contribution < -0.4 is 5.32 Å². The lowest BCUT2D eigenvalue weighted by atomic mass is 10.2. The van der Waals surface area contributed by atoms with E-state index in [0.717, 1.165) is 19.6 Å². The zero-order valence-corrected chi connectivity index (χ0v) is 10.6. The van der Waals surface area contributed by atoms with Gasteiger partial charge in [-0.25, -0.2) is 0 Å². The summed E-state index contributed by atoms with van der Waals surface area (Å²) in [6.07, 6.45) is 2.43. The van der Waals surface area contributed by atoms with Gasteiger partial charge in [0.2, 0.25) is 0 Å². The van der Waals surface area contributed by atoms with Crippen molar-refractivity contribution in [1.29, 1.82) is 0 Å². The average molecular weight is 253 g/mol. The van der Waals surface area contributed by atoms with E-state index in [-0.39, 0.29) is 5.88 Å². The summed E-state index contributed by atoms with van der Waals surface area (Å²) in [7, 11) is 0. The highest BCUT2D eigenvalue weighted by atomic mass is 16.6. The van der Waals surface area contributed by atoms with Crippen LogP contribution in [0.25, 0.3) is 0 Å². The van der Waals surface area contributed by atoms with Crippen molar-refractivity contribution in [2.24, 2.45) is 0 Å². The molecule has 1 aliphatic heterocycles. The SMILES string of the molecule is CCN(Cc1ccc([N+](=O)[O-])o1)CC1CCCN1. The van der Waals surface area contributed by atoms with E-state index < -0.39 is 4.92 Å². The maximum atomic E-state index is 10.5. The molecule has 1 fully saturated rings. The van der Waals surface area contributed by atoms with Gasteiger partial charge < -0.3 is 9.73 Å². The van der Waals surface area contributed by atoms with Crippen molar-refractivity contribution in [1.82, 2.24) is 10.2 Å². The van der Waals surface area contributed by atoms with Gasteiger partial charge in [-0.15, -0.1) is 0 Å². The van der Waals surface area contributed by atoms with Gasteiger partial charge in [0.25, 0.3) is 0 Å². The summed E-state index contributed by atoms with van der Waals surface area (Å²) in [5, 5.41) is 14.0. The fourth-order valence-corrected chi connectivity index (χ4v) is 2.30. The molecule has 0 aromatic carbocycles. The lowest BCUT2D eigenvalue weighted by molar-refractivity contribution is -0.402. The maximum Gasteiger partial charge on any atom is 0.433 e. The predicted molar refractivity (Wildman–Crippen MR) is 67.3 cm³/mol. The van der Waals surface area contributed by atoms with Crippen molar-refractivity contribution in [2.75, 3.05) is 19.6 Å². The number of nitrogens with one attached hydrogen (secondary N) is 1. The summed E-state index contributed by atoms with van der Waals surface area (Å²) in [6, 6.07) is 3.63. The lowest BCUT2D eigenvalue weighted by Crippen LogP contribution is -2.37. The molecular formula is C12H19N3O3. The third-order valence-electron chi connectivity index (χ3n) is 3.30. The maximum absolute atomic E-state index is 10.5. The van der Waals surface area contributed by atoms with Crippen molar-refractivity contribution in [2.45, 2.75) is 32.4 Å². The van der Waals surface area contributed by atoms with Gasteiger partial charge >= 0.3 is 5.88 Å². The smallest absolute Gasteiger partial charge is 0.404 e. The molecule has 100 valence electrons. The van der Waals surface area contributed by atoms with E-state index in [1.165, 1.54) is 18.9 Å². The molecule has 2 heterocycles. The predicted octanol–water partition coefficient (Wildman–Crippen LogP) is 1.76. The van der Waals surface area contributed by atoms with Crippen LogP contribution in [0.2, 0.25) is 0 Å². The molecule has 6 nitrogen and oxygen atoms in total. The number of rotatable bonds is 6. The zero-order valence-electron chi connectivity index (χ0n) is 10.6. The molecule has 2 rings (SSSR count). The number of nitrogens with zero attached hydrogens (tertiary/aromatic N) is 2. The molecule has 18 heavy (non-hydrogen) atoms. The fraction of sp³-hybridized carbons (Fsp3) is 0.667. The number of likely N-dealkylation sites (N-methyl/N-ethyl adjacent to an activating group) is 1. The molecule has 1 N–H and O–H groups in total. The first-order valence-electron chi connectivity index (χ1n) is 6.38. The van der Waals surface area contributed by atoms with Crippen molar-refractivity contribution in [3.63, 3.8) is 0 Å². The molecule has 0 amide bonds. The van der Waals surface area contributed by atoms with Gasteiger partial charge in [-0.1, -0.05) is 6.92 Å². The molecule has 1 unspecified atom stereocenters. The molecule has 0 saturated carbocycles. The standard InChI is InChI=1S/C12H19N3O3/c1-2-14(8-10-4-3-7-13-10)9-11-5-6-12(18-11)15(16)17/h5-6,10,13H,2-4,7-9H2,1H3. The Labute approximate surface area is 106 Å². The van der Waals surface area contributed by atoms with Crippen LogP contribution in [0.15, 0.2) is 16.5 Å². The molecule has 1 aromatic heterocycles. The minimum atomic E-state index is -0.502. The molecule has 1 atom stereocenters. The van der Waals surface area contributed by atoms with E-state index >= 15 is 0 Å². The first kappa shape index (κ1) is 13.0. The van der Waals surface area contributed by atoms with Crippen molar-refractivity contribution in [3.8, 4) is 0 Å². The minimum Gasteiger partial charge on any atom is -0.404 e. The Morgan fingerprint density at radius 1 is 1.61 bits per heavy atom. The van der Waals surface area contributed by atoms with Crippen LogP contribution in [0.3, 0.4) is 0 Å². The van der Waals surface area contributed by atoms with Gasteiger partial charge in [-0.2, -0.15) is 0 Å². The third-order valence-corrected chi connectivity index (χ3v) is 3.30. The summed E-state index contributed by atoms with van der Waals surface area (Å²) < 4.78 is 5.18. The molecular weight excluding hydrogens is 234 g/mol. The van der Waals surface area contributed by atoms with Gasteiger partial charge in [-0.05, 0) is 32.0 Å². The van der Waals surface area contributed by atoms with Gasteiger partial charge in [-0.3, -0.25) is 15.0 Å². The summed E-state index contributed by atoms with van der Waals surface area (Å²) in [5.41, 5.74) is 0. The van der Waals surface area contributed by atoms with Crippen molar-refractivity contribution >= 4 is 5.88 Å². The summed E-state index contributed by atoms with van der Waals surface area (Å²) >= 11 is 0. The Morgan fingerprint density at radius 3 is 3.00 bits per heavy atom. The quantitative estimate of drug-likeness (QED) is 0.618. The van der Waals surface area contributed by atoms with E-state index in [1.54, 1.807) is 6.07 Å². The van der Waals surface area contributed by atoms with Crippen LogP contribution in [0.5, 0.6) is 0 Å². The highest BCUT2D eigenvalue weighted by Gasteiger charge is 2.19. The number of nitro groups is 1. The Morgan fingerprint density at radius 2 is 2.44 bits per heavy atom. The van der Waals surface area contributed by atoms with E-state index in [1.807, 2.05) is 0 Å². The molecule has 0 spiro atoms. The van der Waals surface area contributed by atoms with Crippen molar-refractivity contribution < 1.29 is 9.34 Å². The zero-order chi connectivity index (χ0) is 13.0. The number of hydrogen-bond acceptors (Lipinski definition) is 5. The van der Waals surface area contributed by atoms with Gasteiger partial charge in [0.1, 0.15) is 10.7 Å². The Bertz CT molecular complexity index is 399. The number of hydrogen-bond donors (Lipinski definition) is 1. The van der Waals surface area contributed by atoms with E-state index in [2.05, 4.69) is 17.1 Å². The van der Waals surface area contributed by atoms with Crippen LogP contribution in [0.1, 0.15) is 25.5 Å². The van der Waals surface area contributed by atoms with E-state index in [4.69, 9.17) is 4.42 Å². The van der Waals surface area contributed by atoms with Crippen LogP contribution >= 0.6 is 0 Å². The molecule has 6 heteroatoms. The fourth-order valence-electron chi connectivity index (χ4n) is 2.30. The highest BCUT2D eigenvalue weighted by Crippen LogP contribution is 2.17. The molecule has 0 bridgehead atoms. The van der Waals surface area contributed by atoms with Crippen molar-refractivity contribution in [3.05, 3.63) is 28.0 Å². The Kier molecular flexibility index (Phi) is 4.33. The normalized spacial score (nSPS) is 19.6. The topological polar surface area (TPSA) is 71.5 Å². The number of furan rings is 1. The second-order valence-corrected chi connectivity index (χ2v) is 4.62. The monoisotopic (exact) mass is 253 g/mol. The molecule has 1 aromatic rings. The summed E-state index contributed by atoms with van der Waals surface area (Å²) in [6.45, 7) is 5.68. The summed E-state index contributed by atoms with van der Waals surface area (Å²) in [4.78, 5) is 12.3. The van der Waals surface area contributed by atoms with Gasteiger partial charge in [0, 0.05) is 12.6 Å². The van der Waals surface area contributed by atoms with E-state index in [0.29, 0.717) is 18.3 Å². The highest BCUT2D eigenvalue weighted by molar-refractivity contribution is 5.17. The minimum absolute atomic E-state index is 0.181. The molecule has 1 aliphatic rings. The average Bonchev–Trinajstić information content (AvgIpc) is 2.99. The van der Waals surface area contributed by atoms with Crippen LogP contribution in [0.4, 0.5) is 5.88 Å². The van der Waals surface area contributed by atoms with Gasteiger partial charge in [0.15, 0.2) is 0 Å². The Balaban J connectivity index is 1.89. The largest absolute Gasteiger partial charge is 0.433 e. The summed E-state index contributed by atoms with van der Waals surface area (Å²) in [5.74, 6) is 0.474. The first-order valence-corrected chi connectivity index (χ1v) is 6.38. The third kappa shape index (κ3) is 3.30. The molecule has 0 aliphatic carbocycles. The second kappa shape index (κ2) is 5.97. The van der Waals surface area contributed by atoms with Gasteiger partial charge in [0.05, 0.1) is 12.6 Å². The van der Waals surface area contributed by atoms with Crippen LogP contribution in [0, 0.1) is 10.1 Å². The van der Waals surface area contributed by atoms with E-state index in [9.17, 15) is 10.1 Å². The first-order chi connectivity index (χ1) is 8.69. The lowest BCUT2D eigenvalue weighted by Gasteiger charge is -2.22. The van der Waals surface area contributed by atoms with Crippen LogP contribution in [-0.2, 0) is 6.54 Å². The molecule has 0 radical (unpaired) electrons. The second-order valence-electron chi connectivity index (χ2n) is 4.62. The molecule has 1 saturated heterocycles. The van der Waals surface area contributed by atoms with Crippen LogP contribution in [-0.4, -0.2) is 35.5 Å².